The van der Waals surface area contributed by atoms with Crippen LogP contribution in [0.1, 0.15) is 9.67 Å². The Morgan fingerprint density at radius 1 is 1.45 bits per heavy atom. The molecule has 0 spiro atoms. The number of thiophene rings is 1. The van der Waals surface area contributed by atoms with Crippen LogP contribution in [-0.4, -0.2) is 29.1 Å². The predicted octanol–water partition coefficient (Wildman–Crippen LogP) is 3.16. The molecule has 0 amide bonds. The summed E-state index contributed by atoms with van der Waals surface area (Å²) in [5, 5.41) is 18.7. The number of carbonyl (C=O) groups is 2. The first-order valence-corrected chi connectivity index (χ1v) is 7.07. The number of carbonyl (C=O) groups excluding carboxylic acids is 1. The van der Waals surface area contributed by atoms with Crippen molar-refractivity contribution in [2.45, 2.75) is 0 Å². The molecule has 2 aromatic rings. The molecule has 1 aromatic carbocycles. The van der Waals surface area contributed by atoms with Crippen LogP contribution >= 0.6 is 27.3 Å². The molecule has 0 radical (unpaired) electrons. The second-order valence-electron chi connectivity index (χ2n) is 3.74. The lowest BCUT2D eigenvalue weighted by atomic mass is 10.2. The van der Waals surface area contributed by atoms with E-state index < -0.39 is 5.97 Å². The van der Waals surface area contributed by atoms with Gasteiger partial charge in [0.1, 0.15) is 12.4 Å². The number of phenolic OH excluding ortho intramolecular Hbond substituents is 1. The van der Waals surface area contributed by atoms with Crippen molar-refractivity contribution in [1.29, 1.82) is 0 Å². The number of phenols is 1. The van der Waals surface area contributed by atoms with Crippen LogP contribution in [0.3, 0.4) is 0 Å². The summed E-state index contributed by atoms with van der Waals surface area (Å²) in [6, 6.07) is 6.44. The molecular formula is C13H9BrO5S. The van der Waals surface area contributed by atoms with E-state index >= 15 is 0 Å². The fourth-order valence-corrected chi connectivity index (χ4v) is 3.50. The van der Waals surface area contributed by atoms with Crippen LogP contribution in [0, 0.1) is 0 Å². The topological polar surface area (TPSA) is 83.8 Å². The Bertz CT molecular complexity index is 665. The van der Waals surface area contributed by atoms with Gasteiger partial charge in [-0.25, -0.2) is 4.79 Å². The highest BCUT2D eigenvalue weighted by atomic mass is 79.9. The monoisotopic (exact) mass is 356 g/mol. The molecule has 0 aliphatic heterocycles. The Balaban J connectivity index is 2.54. The van der Waals surface area contributed by atoms with Gasteiger partial charge in [-0.3, -0.25) is 4.79 Å². The van der Waals surface area contributed by atoms with Crippen molar-refractivity contribution in [3.63, 3.8) is 0 Å². The van der Waals surface area contributed by atoms with E-state index in [0.717, 1.165) is 11.3 Å². The number of carboxylic acids is 1. The number of rotatable bonds is 5. The molecule has 0 saturated carbocycles. The summed E-state index contributed by atoms with van der Waals surface area (Å²) in [5.74, 6) is -0.939. The van der Waals surface area contributed by atoms with Gasteiger partial charge in [-0.15, -0.1) is 11.3 Å². The molecular weight excluding hydrogens is 348 g/mol. The summed E-state index contributed by atoms with van der Waals surface area (Å²) in [4.78, 5) is 22.2. The number of aromatic carboxylic acids is 1. The molecule has 1 heterocycles. The average molecular weight is 357 g/mol. The molecule has 5 nitrogen and oxygen atoms in total. The second-order valence-corrected chi connectivity index (χ2v) is 5.55. The quantitative estimate of drug-likeness (QED) is 0.803. The zero-order valence-corrected chi connectivity index (χ0v) is 12.4. The first-order chi connectivity index (χ1) is 9.54. The summed E-state index contributed by atoms with van der Waals surface area (Å²) in [5.41, 5.74) is 0.658. The lowest BCUT2D eigenvalue weighted by Gasteiger charge is -2.03. The minimum Gasteiger partial charge on any atom is -0.508 e. The Morgan fingerprint density at radius 3 is 2.80 bits per heavy atom. The number of hydrogen-bond donors (Lipinski definition) is 2. The summed E-state index contributed by atoms with van der Waals surface area (Å²) < 4.78 is 5.61. The normalized spacial score (nSPS) is 10.2. The van der Waals surface area contributed by atoms with E-state index in [2.05, 4.69) is 15.9 Å². The van der Waals surface area contributed by atoms with Crippen LogP contribution in [0.15, 0.2) is 28.7 Å². The molecule has 104 valence electrons. The second kappa shape index (κ2) is 6.06. The zero-order valence-electron chi connectivity index (χ0n) is 10.00. The summed E-state index contributed by atoms with van der Waals surface area (Å²) in [7, 11) is 0. The van der Waals surface area contributed by atoms with Crippen molar-refractivity contribution in [2.24, 2.45) is 0 Å². The van der Waals surface area contributed by atoms with Crippen molar-refractivity contribution in [2.75, 3.05) is 6.61 Å². The van der Waals surface area contributed by atoms with E-state index in [1.165, 1.54) is 12.1 Å². The number of benzene rings is 1. The third-order valence-electron chi connectivity index (χ3n) is 2.41. The van der Waals surface area contributed by atoms with Crippen LogP contribution in [0.5, 0.6) is 11.5 Å². The largest absolute Gasteiger partial charge is 0.508 e. The summed E-state index contributed by atoms with van der Waals surface area (Å²) >= 11 is 4.29. The SMILES string of the molecule is O=CCOc1c(C(=O)O)sc(-c2cccc(O)c2)c1Br. The highest BCUT2D eigenvalue weighted by Crippen LogP contribution is 2.45. The Kier molecular flexibility index (Phi) is 4.41. The van der Waals surface area contributed by atoms with Gasteiger partial charge in [0.05, 0.1) is 9.35 Å². The van der Waals surface area contributed by atoms with Gasteiger partial charge < -0.3 is 14.9 Å². The van der Waals surface area contributed by atoms with Gasteiger partial charge in [0.25, 0.3) is 0 Å². The van der Waals surface area contributed by atoms with E-state index in [9.17, 15) is 19.8 Å². The van der Waals surface area contributed by atoms with Crippen molar-refractivity contribution < 1.29 is 24.5 Å². The van der Waals surface area contributed by atoms with Gasteiger partial charge in [-0.1, -0.05) is 12.1 Å². The van der Waals surface area contributed by atoms with Gasteiger partial charge in [-0.2, -0.15) is 0 Å². The number of aromatic hydroxyl groups is 1. The molecule has 20 heavy (non-hydrogen) atoms. The Morgan fingerprint density at radius 2 is 2.20 bits per heavy atom. The fraction of sp³-hybridized carbons (Fsp3) is 0.0769. The lowest BCUT2D eigenvalue weighted by Crippen LogP contribution is -2.02. The highest BCUT2D eigenvalue weighted by Gasteiger charge is 2.23. The van der Waals surface area contributed by atoms with E-state index in [1.54, 1.807) is 12.1 Å². The van der Waals surface area contributed by atoms with Crippen LogP contribution in [0.4, 0.5) is 0 Å². The van der Waals surface area contributed by atoms with Gasteiger partial charge in [0.15, 0.2) is 16.9 Å². The Hall–Kier alpha value is -1.86. The van der Waals surface area contributed by atoms with Crippen LogP contribution in [-0.2, 0) is 4.79 Å². The highest BCUT2D eigenvalue weighted by molar-refractivity contribution is 9.10. The smallest absolute Gasteiger partial charge is 0.349 e. The van der Waals surface area contributed by atoms with Crippen molar-refractivity contribution in [3.8, 4) is 21.9 Å². The van der Waals surface area contributed by atoms with Gasteiger partial charge in [0, 0.05) is 0 Å². The van der Waals surface area contributed by atoms with E-state index in [0.29, 0.717) is 21.2 Å². The molecule has 0 aliphatic rings. The van der Waals surface area contributed by atoms with E-state index in [4.69, 9.17) is 4.74 Å². The minimum atomic E-state index is -1.14. The Labute approximate surface area is 126 Å². The average Bonchev–Trinajstić information content (AvgIpc) is 2.74. The van der Waals surface area contributed by atoms with Crippen molar-refractivity contribution >= 4 is 39.5 Å². The predicted molar refractivity (Wildman–Crippen MR) is 77.6 cm³/mol. The standard InChI is InChI=1S/C13H9BrO5S/c14-9-10(19-5-4-15)12(13(17)18)20-11(9)7-2-1-3-8(16)6-7/h1-4,6,16H,5H2,(H,17,18). The molecule has 0 saturated heterocycles. The molecule has 0 bridgehead atoms. The molecule has 0 aliphatic carbocycles. The maximum Gasteiger partial charge on any atom is 0.349 e. The first kappa shape index (κ1) is 14.5. The van der Waals surface area contributed by atoms with Crippen LogP contribution < -0.4 is 4.74 Å². The molecule has 0 fully saturated rings. The minimum absolute atomic E-state index is 0.00271. The molecule has 0 atom stereocenters. The van der Waals surface area contributed by atoms with Crippen LogP contribution in [0.25, 0.3) is 10.4 Å². The molecule has 1 aromatic heterocycles. The molecule has 7 heteroatoms. The van der Waals surface area contributed by atoms with Crippen molar-refractivity contribution in [1.82, 2.24) is 0 Å². The molecule has 0 unspecified atom stereocenters. The first-order valence-electron chi connectivity index (χ1n) is 5.46. The summed E-state index contributed by atoms with van der Waals surface area (Å²) in [6.45, 7) is -0.227. The third kappa shape index (κ3) is 2.83. The van der Waals surface area contributed by atoms with Gasteiger partial charge in [-0.05, 0) is 33.6 Å². The number of hydrogen-bond acceptors (Lipinski definition) is 5. The maximum atomic E-state index is 11.2. The lowest BCUT2D eigenvalue weighted by molar-refractivity contribution is -0.109. The zero-order chi connectivity index (χ0) is 14.7. The van der Waals surface area contributed by atoms with E-state index in [1.807, 2.05) is 0 Å². The number of aldehydes is 1. The third-order valence-corrected chi connectivity index (χ3v) is 4.63. The molecule has 2 rings (SSSR count). The fourth-order valence-electron chi connectivity index (χ4n) is 1.62. The van der Waals surface area contributed by atoms with Gasteiger partial charge in [0.2, 0.25) is 0 Å². The van der Waals surface area contributed by atoms with Crippen molar-refractivity contribution in [3.05, 3.63) is 33.6 Å². The molecule has 2 N–H and O–H groups in total. The van der Waals surface area contributed by atoms with Gasteiger partial charge >= 0.3 is 5.97 Å². The van der Waals surface area contributed by atoms with Crippen LogP contribution in [0.2, 0.25) is 0 Å². The maximum absolute atomic E-state index is 11.2. The van der Waals surface area contributed by atoms with E-state index in [-0.39, 0.29) is 23.0 Å². The number of carboxylic acid groups (broad SMARTS) is 1. The number of halogens is 1. The summed E-state index contributed by atoms with van der Waals surface area (Å²) in [6.07, 6.45) is 0.545. The number of ether oxygens (including phenoxy) is 1.